The van der Waals surface area contributed by atoms with E-state index >= 15 is 0 Å². The summed E-state index contributed by atoms with van der Waals surface area (Å²) < 4.78 is 5.45. The Morgan fingerprint density at radius 3 is 2.45 bits per heavy atom. The Bertz CT molecular complexity index is 120. The average Bonchev–Trinajstić information content (AvgIpc) is 2.07. The highest BCUT2D eigenvalue weighted by Crippen LogP contribution is 2.29. The van der Waals surface area contributed by atoms with Gasteiger partial charge in [0.25, 0.3) is 0 Å². The molecule has 0 atom stereocenters. The van der Waals surface area contributed by atoms with Crippen LogP contribution in [0, 0.1) is 0 Å². The molecule has 11 heavy (non-hydrogen) atoms. The smallest absolute Gasteiger partial charge is 0.151 e. The van der Waals surface area contributed by atoms with Gasteiger partial charge in [-0.3, -0.25) is 0 Å². The number of rotatable bonds is 3. The first-order chi connectivity index (χ1) is 5.33. The topological polar surface area (TPSA) is 26.3 Å². The summed E-state index contributed by atoms with van der Waals surface area (Å²) in [6, 6.07) is 0. The number of aldehydes is 1. The molecule has 0 heterocycles. The first kappa shape index (κ1) is 8.72. The second-order valence-corrected chi connectivity index (χ2v) is 3.18. The van der Waals surface area contributed by atoms with Gasteiger partial charge < -0.3 is 9.53 Å². The van der Waals surface area contributed by atoms with Gasteiger partial charge in [0, 0.05) is 6.61 Å². The Morgan fingerprint density at radius 1 is 1.36 bits per heavy atom. The van der Waals surface area contributed by atoms with Crippen LogP contribution in [0.3, 0.4) is 0 Å². The predicted octanol–water partition coefficient (Wildman–Crippen LogP) is 1.92. The highest BCUT2D eigenvalue weighted by atomic mass is 16.5. The zero-order chi connectivity index (χ0) is 8.16. The van der Waals surface area contributed by atoms with Crippen molar-refractivity contribution in [2.75, 3.05) is 6.61 Å². The van der Waals surface area contributed by atoms with Gasteiger partial charge in [-0.2, -0.15) is 0 Å². The lowest BCUT2D eigenvalue weighted by Crippen LogP contribution is -2.36. The van der Waals surface area contributed by atoms with Gasteiger partial charge in [-0.25, -0.2) is 0 Å². The Labute approximate surface area is 67.9 Å². The summed E-state index contributed by atoms with van der Waals surface area (Å²) in [7, 11) is 0. The van der Waals surface area contributed by atoms with Crippen LogP contribution in [0.1, 0.15) is 39.0 Å². The Morgan fingerprint density at radius 2 is 2.00 bits per heavy atom. The summed E-state index contributed by atoms with van der Waals surface area (Å²) in [4.78, 5) is 10.7. The lowest BCUT2D eigenvalue weighted by molar-refractivity contribution is -0.135. The molecule has 0 bridgehead atoms. The Balaban J connectivity index is 2.49. The molecule has 1 fully saturated rings. The molecule has 1 aliphatic carbocycles. The number of carbonyl (C=O) groups is 1. The zero-order valence-corrected chi connectivity index (χ0v) is 7.14. The minimum atomic E-state index is -0.410. The van der Waals surface area contributed by atoms with E-state index < -0.39 is 5.60 Å². The minimum Gasteiger partial charge on any atom is -0.368 e. The molecule has 1 aliphatic rings. The van der Waals surface area contributed by atoms with Gasteiger partial charge >= 0.3 is 0 Å². The molecular formula is C9H16O2. The van der Waals surface area contributed by atoms with E-state index in [1.807, 2.05) is 6.92 Å². The fraction of sp³-hybridized carbons (Fsp3) is 0.889. The third kappa shape index (κ3) is 2.03. The van der Waals surface area contributed by atoms with Crippen LogP contribution in [-0.4, -0.2) is 18.5 Å². The minimum absolute atomic E-state index is 0.410. The lowest BCUT2D eigenvalue weighted by Gasteiger charge is -2.31. The van der Waals surface area contributed by atoms with Crippen LogP contribution in [0.25, 0.3) is 0 Å². The van der Waals surface area contributed by atoms with Gasteiger partial charge in [0.1, 0.15) is 5.60 Å². The predicted molar refractivity (Wildman–Crippen MR) is 43.5 cm³/mol. The van der Waals surface area contributed by atoms with E-state index in [1.54, 1.807) is 0 Å². The van der Waals surface area contributed by atoms with E-state index in [0.29, 0.717) is 6.61 Å². The molecule has 1 rings (SSSR count). The summed E-state index contributed by atoms with van der Waals surface area (Å²) in [6.45, 7) is 2.60. The van der Waals surface area contributed by atoms with Crippen LogP contribution in [-0.2, 0) is 9.53 Å². The zero-order valence-electron chi connectivity index (χ0n) is 7.14. The molecule has 0 spiro atoms. The standard InChI is InChI=1S/C9H16O2/c1-2-11-9(8-10)6-4-3-5-7-9/h8H,2-7H2,1H3. The Kier molecular flexibility index (Phi) is 3.06. The maximum Gasteiger partial charge on any atom is 0.151 e. The molecule has 64 valence electrons. The third-order valence-electron chi connectivity index (χ3n) is 2.35. The fourth-order valence-electron chi connectivity index (χ4n) is 1.73. The molecule has 0 radical (unpaired) electrons. The van der Waals surface area contributed by atoms with Crippen molar-refractivity contribution in [2.45, 2.75) is 44.6 Å². The second kappa shape index (κ2) is 3.86. The van der Waals surface area contributed by atoms with E-state index in [-0.39, 0.29) is 0 Å². The van der Waals surface area contributed by atoms with Crippen LogP contribution in [0.5, 0.6) is 0 Å². The monoisotopic (exact) mass is 156 g/mol. The summed E-state index contributed by atoms with van der Waals surface area (Å²) in [6.07, 6.45) is 6.37. The normalized spacial score (nSPS) is 23.0. The molecule has 0 aliphatic heterocycles. The van der Waals surface area contributed by atoms with Crippen molar-refractivity contribution < 1.29 is 9.53 Å². The number of hydrogen-bond donors (Lipinski definition) is 0. The molecule has 0 amide bonds. The Hall–Kier alpha value is -0.370. The quantitative estimate of drug-likeness (QED) is 0.583. The van der Waals surface area contributed by atoms with Gasteiger partial charge in [-0.1, -0.05) is 19.3 Å². The maximum atomic E-state index is 10.7. The van der Waals surface area contributed by atoms with Crippen molar-refractivity contribution in [3.8, 4) is 0 Å². The summed E-state index contributed by atoms with van der Waals surface area (Å²) >= 11 is 0. The third-order valence-corrected chi connectivity index (χ3v) is 2.35. The summed E-state index contributed by atoms with van der Waals surface area (Å²) in [5, 5.41) is 0. The maximum absolute atomic E-state index is 10.7. The van der Waals surface area contributed by atoms with E-state index in [4.69, 9.17) is 4.74 Å². The van der Waals surface area contributed by atoms with Crippen molar-refractivity contribution in [3.63, 3.8) is 0 Å². The van der Waals surface area contributed by atoms with E-state index in [9.17, 15) is 4.79 Å². The summed E-state index contributed by atoms with van der Waals surface area (Å²) in [5.74, 6) is 0. The molecule has 2 heteroatoms. The molecule has 1 saturated carbocycles. The van der Waals surface area contributed by atoms with Crippen molar-refractivity contribution in [3.05, 3.63) is 0 Å². The molecule has 0 N–H and O–H groups in total. The lowest BCUT2D eigenvalue weighted by atomic mass is 9.86. The van der Waals surface area contributed by atoms with E-state index in [2.05, 4.69) is 0 Å². The van der Waals surface area contributed by atoms with Crippen molar-refractivity contribution in [2.24, 2.45) is 0 Å². The van der Waals surface area contributed by atoms with Crippen LogP contribution in [0.4, 0.5) is 0 Å². The highest BCUT2D eigenvalue weighted by molar-refractivity contribution is 5.62. The molecule has 0 aromatic carbocycles. The van der Waals surface area contributed by atoms with Crippen LogP contribution < -0.4 is 0 Å². The number of ether oxygens (including phenoxy) is 1. The molecule has 2 nitrogen and oxygen atoms in total. The van der Waals surface area contributed by atoms with E-state index in [1.165, 1.54) is 6.42 Å². The van der Waals surface area contributed by atoms with Crippen LogP contribution >= 0.6 is 0 Å². The van der Waals surface area contributed by atoms with Crippen molar-refractivity contribution >= 4 is 6.29 Å². The van der Waals surface area contributed by atoms with Crippen molar-refractivity contribution in [1.29, 1.82) is 0 Å². The second-order valence-electron chi connectivity index (χ2n) is 3.18. The fourth-order valence-corrected chi connectivity index (χ4v) is 1.73. The van der Waals surface area contributed by atoms with Gasteiger partial charge in [0.15, 0.2) is 6.29 Å². The molecule has 0 aromatic heterocycles. The number of carbonyl (C=O) groups excluding carboxylic acids is 1. The SMILES string of the molecule is CCOC1(C=O)CCCCC1. The van der Waals surface area contributed by atoms with Crippen LogP contribution in [0.2, 0.25) is 0 Å². The van der Waals surface area contributed by atoms with E-state index in [0.717, 1.165) is 32.0 Å². The van der Waals surface area contributed by atoms with Gasteiger partial charge in [0.2, 0.25) is 0 Å². The molecule has 0 aromatic rings. The molecule has 0 saturated heterocycles. The average molecular weight is 156 g/mol. The van der Waals surface area contributed by atoms with Gasteiger partial charge in [-0.05, 0) is 19.8 Å². The summed E-state index contributed by atoms with van der Waals surface area (Å²) in [5.41, 5.74) is -0.410. The van der Waals surface area contributed by atoms with Crippen LogP contribution in [0.15, 0.2) is 0 Å². The largest absolute Gasteiger partial charge is 0.368 e. The highest BCUT2D eigenvalue weighted by Gasteiger charge is 2.31. The van der Waals surface area contributed by atoms with Crippen molar-refractivity contribution in [1.82, 2.24) is 0 Å². The molecule has 0 unspecified atom stereocenters. The number of hydrogen-bond acceptors (Lipinski definition) is 2. The first-order valence-electron chi connectivity index (χ1n) is 4.43. The molecular weight excluding hydrogens is 140 g/mol. The van der Waals surface area contributed by atoms with Gasteiger partial charge in [0.05, 0.1) is 0 Å². The van der Waals surface area contributed by atoms with Gasteiger partial charge in [-0.15, -0.1) is 0 Å². The first-order valence-corrected chi connectivity index (χ1v) is 4.43.